The SMILES string of the molecule is CCOC(=O)N1CCN(C(=O)C(=O)N2CCCC2)CC1. The van der Waals surface area contributed by atoms with Gasteiger partial charge in [-0.1, -0.05) is 0 Å². The maximum Gasteiger partial charge on any atom is 0.409 e. The highest BCUT2D eigenvalue weighted by Gasteiger charge is 2.31. The summed E-state index contributed by atoms with van der Waals surface area (Å²) in [7, 11) is 0. The number of rotatable bonds is 1. The highest BCUT2D eigenvalue weighted by Crippen LogP contribution is 2.10. The molecule has 0 aromatic carbocycles. The lowest BCUT2D eigenvalue weighted by molar-refractivity contribution is -0.152. The van der Waals surface area contributed by atoms with Gasteiger partial charge in [0, 0.05) is 39.3 Å². The Morgan fingerprint density at radius 2 is 1.25 bits per heavy atom. The Morgan fingerprint density at radius 3 is 1.75 bits per heavy atom. The van der Waals surface area contributed by atoms with Crippen LogP contribution in [-0.4, -0.2) is 78.5 Å². The molecule has 0 aromatic heterocycles. The molecule has 2 heterocycles. The van der Waals surface area contributed by atoms with Crippen LogP contribution in [0.25, 0.3) is 0 Å². The van der Waals surface area contributed by atoms with Crippen molar-refractivity contribution in [1.82, 2.24) is 14.7 Å². The fourth-order valence-corrected chi connectivity index (χ4v) is 2.50. The third kappa shape index (κ3) is 3.20. The van der Waals surface area contributed by atoms with E-state index in [-0.39, 0.29) is 6.09 Å². The average Bonchev–Trinajstić information content (AvgIpc) is 3.00. The molecule has 0 N–H and O–H groups in total. The molecule has 0 spiro atoms. The minimum absolute atomic E-state index is 0.339. The van der Waals surface area contributed by atoms with Crippen LogP contribution in [0.4, 0.5) is 4.79 Å². The number of nitrogens with zero attached hydrogens (tertiary/aromatic N) is 3. The number of carbonyl (C=O) groups excluding carboxylic acids is 3. The quantitative estimate of drug-likeness (QED) is 0.631. The van der Waals surface area contributed by atoms with E-state index in [0.717, 1.165) is 12.8 Å². The minimum Gasteiger partial charge on any atom is -0.450 e. The maximum atomic E-state index is 12.1. The van der Waals surface area contributed by atoms with Gasteiger partial charge in [-0.25, -0.2) is 4.79 Å². The van der Waals surface area contributed by atoms with Gasteiger partial charge in [0.25, 0.3) is 0 Å². The zero-order valence-electron chi connectivity index (χ0n) is 11.8. The van der Waals surface area contributed by atoms with Crippen molar-refractivity contribution in [1.29, 1.82) is 0 Å². The molecule has 2 aliphatic rings. The number of hydrogen-bond acceptors (Lipinski definition) is 4. The Bertz CT molecular complexity index is 385. The zero-order valence-corrected chi connectivity index (χ0v) is 11.8. The second kappa shape index (κ2) is 6.58. The van der Waals surface area contributed by atoms with Crippen LogP contribution in [-0.2, 0) is 14.3 Å². The Kier molecular flexibility index (Phi) is 4.81. The number of amides is 3. The molecule has 2 aliphatic heterocycles. The molecule has 0 atom stereocenters. The van der Waals surface area contributed by atoms with Crippen molar-refractivity contribution in [3.63, 3.8) is 0 Å². The molecular formula is C13H21N3O4. The summed E-state index contributed by atoms with van der Waals surface area (Å²) in [4.78, 5) is 40.3. The Labute approximate surface area is 118 Å². The Morgan fingerprint density at radius 1 is 0.800 bits per heavy atom. The number of carbonyl (C=O) groups is 3. The van der Waals surface area contributed by atoms with Crippen molar-refractivity contribution in [2.45, 2.75) is 19.8 Å². The van der Waals surface area contributed by atoms with Crippen LogP contribution in [0.1, 0.15) is 19.8 Å². The lowest BCUT2D eigenvalue weighted by Crippen LogP contribution is -2.54. The third-order valence-corrected chi connectivity index (χ3v) is 3.67. The molecule has 7 heteroatoms. The molecule has 112 valence electrons. The molecule has 0 unspecified atom stereocenters. The van der Waals surface area contributed by atoms with Gasteiger partial charge in [0.15, 0.2) is 0 Å². The second-order valence-corrected chi connectivity index (χ2v) is 4.98. The van der Waals surface area contributed by atoms with E-state index >= 15 is 0 Å². The lowest BCUT2D eigenvalue weighted by Gasteiger charge is -2.34. The molecule has 0 saturated carbocycles. The van der Waals surface area contributed by atoms with Gasteiger partial charge in [0.2, 0.25) is 0 Å². The van der Waals surface area contributed by atoms with Crippen LogP contribution in [0.15, 0.2) is 0 Å². The third-order valence-electron chi connectivity index (χ3n) is 3.67. The molecule has 0 aliphatic carbocycles. The van der Waals surface area contributed by atoms with Gasteiger partial charge in [-0.15, -0.1) is 0 Å². The van der Waals surface area contributed by atoms with Gasteiger partial charge in [-0.2, -0.15) is 0 Å². The van der Waals surface area contributed by atoms with Gasteiger partial charge in [-0.3, -0.25) is 9.59 Å². The topological polar surface area (TPSA) is 70.2 Å². The predicted octanol–water partition coefficient (Wildman–Crippen LogP) is -0.0905. The summed E-state index contributed by atoms with van der Waals surface area (Å²) < 4.78 is 4.91. The summed E-state index contributed by atoms with van der Waals surface area (Å²) in [5.41, 5.74) is 0. The Hall–Kier alpha value is -1.79. The highest BCUT2D eigenvalue weighted by atomic mass is 16.6. The monoisotopic (exact) mass is 283 g/mol. The van der Waals surface area contributed by atoms with Gasteiger partial charge in [-0.05, 0) is 19.8 Å². The molecule has 3 amide bonds. The van der Waals surface area contributed by atoms with E-state index < -0.39 is 11.8 Å². The van der Waals surface area contributed by atoms with Gasteiger partial charge < -0.3 is 19.4 Å². The van der Waals surface area contributed by atoms with E-state index in [9.17, 15) is 14.4 Å². The number of likely N-dealkylation sites (tertiary alicyclic amines) is 1. The van der Waals surface area contributed by atoms with Crippen LogP contribution in [0, 0.1) is 0 Å². The van der Waals surface area contributed by atoms with Gasteiger partial charge in [0.05, 0.1) is 6.61 Å². The molecule has 2 rings (SSSR count). The van der Waals surface area contributed by atoms with E-state index in [0.29, 0.717) is 45.9 Å². The van der Waals surface area contributed by atoms with E-state index in [2.05, 4.69) is 0 Å². The van der Waals surface area contributed by atoms with E-state index in [1.54, 1.807) is 16.7 Å². The van der Waals surface area contributed by atoms with E-state index in [4.69, 9.17) is 4.74 Å². The Balaban J connectivity index is 1.82. The first-order valence-electron chi connectivity index (χ1n) is 7.13. The normalized spacial score (nSPS) is 19.1. The molecule has 2 fully saturated rings. The summed E-state index contributed by atoms with van der Waals surface area (Å²) in [6, 6.07) is 0. The average molecular weight is 283 g/mol. The molecule has 0 radical (unpaired) electrons. The van der Waals surface area contributed by atoms with Crippen molar-refractivity contribution in [3.05, 3.63) is 0 Å². The lowest BCUT2D eigenvalue weighted by atomic mass is 10.3. The van der Waals surface area contributed by atoms with Gasteiger partial charge >= 0.3 is 17.9 Å². The van der Waals surface area contributed by atoms with Gasteiger partial charge in [0.1, 0.15) is 0 Å². The first kappa shape index (κ1) is 14.6. The summed E-state index contributed by atoms with van der Waals surface area (Å²) in [5.74, 6) is -0.859. The molecule has 0 aromatic rings. The maximum absolute atomic E-state index is 12.1. The van der Waals surface area contributed by atoms with Crippen molar-refractivity contribution in [2.75, 3.05) is 45.9 Å². The summed E-state index contributed by atoms with van der Waals surface area (Å²) in [6.45, 7) is 5.04. The summed E-state index contributed by atoms with van der Waals surface area (Å²) >= 11 is 0. The second-order valence-electron chi connectivity index (χ2n) is 4.98. The standard InChI is InChI=1S/C13H21N3O4/c1-2-20-13(19)16-9-7-15(8-10-16)12(18)11(17)14-5-3-4-6-14/h2-10H2,1H3. The predicted molar refractivity (Wildman–Crippen MR) is 71.0 cm³/mol. The fourth-order valence-electron chi connectivity index (χ4n) is 2.50. The van der Waals surface area contributed by atoms with E-state index in [1.807, 2.05) is 0 Å². The van der Waals surface area contributed by atoms with Crippen LogP contribution in [0.2, 0.25) is 0 Å². The molecule has 20 heavy (non-hydrogen) atoms. The summed E-state index contributed by atoms with van der Waals surface area (Å²) in [5, 5.41) is 0. The van der Waals surface area contributed by atoms with Crippen LogP contribution in [0.5, 0.6) is 0 Å². The van der Waals surface area contributed by atoms with Crippen molar-refractivity contribution in [3.8, 4) is 0 Å². The molecule has 7 nitrogen and oxygen atoms in total. The smallest absolute Gasteiger partial charge is 0.409 e. The number of ether oxygens (including phenoxy) is 1. The first-order valence-corrected chi connectivity index (χ1v) is 7.13. The molecular weight excluding hydrogens is 262 g/mol. The largest absolute Gasteiger partial charge is 0.450 e. The first-order chi connectivity index (χ1) is 9.63. The minimum atomic E-state index is -0.449. The summed E-state index contributed by atoms with van der Waals surface area (Å²) in [6.07, 6.45) is 1.58. The molecule has 2 saturated heterocycles. The number of piperazine rings is 1. The van der Waals surface area contributed by atoms with Crippen molar-refractivity contribution in [2.24, 2.45) is 0 Å². The van der Waals surface area contributed by atoms with Crippen LogP contribution in [0.3, 0.4) is 0 Å². The molecule has 0 bridgehead atoms. The van der Waals surface area contributed by atoms with Crippen LogP contribution < -0.4 is 0 Å². The van der Waals surface area contributed by atoms with Crippen molar-refractivity contribution >= 4 is 17.9 Å². The number of hydrogen-bond donors (Lipinski definition) is 0. The zero-order chi connectivity index (χ0) is 14.5. The van der Waals surface area contributed by atoms with Crippen molar-refractivity contribution < 1.29 is 19.1 Å². The van der Waals surface area contributed by atoms with Crippen LogP contribution >= 0.6 is 0 Å². The van der Waals surface area contributed by atoms with E-state index in [1.165, 1.54) is 4.90 Å². The highest BCUT2D eigenvalue weighted by molar-refractivity contribution is 6.35. The fraction of sp³-hybridized carbons (Fsp3) is 0.769.